The molecule has 100 valence electrons. The van der Waals surface area contributed by atoms with Crippen LogP contribution in [0.3, 0.4) is 0 Å². The maximum Gasteiger partial charge on any atom is 0.223 e. The van der Waals surface area contributed by atoms with E-state index < -0.39 is 0 Å². The Bertz CT molecular complexity index is 407. The van der Waals surface area contributed by atoms with Crippen molar-refractivity contribution in [1.29, 1.82) is 0 Å². The summed E-state index contributed by atoms with van der Waals surface area (Å²) in [5, 5.41) is 6.39. The van der Waals surface area contributed by atoms with E-state index >= 15 is 0 Å². The fourth-order valence-electron chi connectivity index (χ4n) is 2.31. The lowest BCUT2D eigenvalue weighted by atomic mass is 9.92. The summed E-state index contributed by atoms with van der Waals surface area (Å²) in [6.07, 6.45) is 2.75. The van der Waals surface area contributed by atoms with Gasteiger partial charge in [0.25, 0.3) is 0 Å². The summed E-state index contributed by atoms with van der Waals surface area (Å²) in [6.45, 7) is 3.78. The molecule has 0 aliphatic carbocycles. The van der Waals surface area contributed by atoms with Gasteiger partial charge in [-0.3, -0.25) is 4.79 Å². The van der Waals surface area contributed by atoms with Crippen LogP contribution in [0.15, 0.2) is 12.1 Å². The van der Waals surface area contributed by atoms with E-state index in [0.29, 0.717) is 12.6 Å². The van der Waals surface area contributed by atoms with Gasteiger partial charge in [-0.05, 0) is 44.9 Å². The molecule has 0 spiro atoms. The number of hydrogen-bond donors (Lipinski definition) is 2. The number of carbonyl (C=O) groups excluding carboxylic acids is 1. The van der Waals surface area contributed by atoms with Crippen molar-refractivity contribution in [3.63, 3.8) is 0 Å². The predicted molar refractivity (Wildman–Crippen MR) is 76.2 cm³/mol. The van der Waals surface area contributed by atoms with Crippen LogP contribution < -0.4 is 10.6 Å². The Morgan fingerprint density at radius 2 is 2.44 bits per heavy atom. The molecule has 2 N–H and O–H groups in total. The minimum absolute atomic E-state index is 0.174. The van der Waals surface area contributed by atoms with Crippen molar-refractivity contribution in [3.05, 3.63) is 21.3 Å². The number of amides is 1. The topological polar surface area (TPSA) is 41.1 Å². The highest BCUT2D eigenvalue weighted by Gasteiger charge is 2.24. The normalized spacial score (nSPS) is 23.9. The van der Waals surface area contributed by atoms with Gasteiger partial charge in [-0.1, -0.05) is 11.6 Å². The first-order valence-electron chi connectivity index (χ1n) is 6.40. The van der Waals surface area contributed by atoms with Gasteiger partial charge in [-0.25, -0.2) is 0 Å². The zero-order valence-corrected chi connectivity index (χ0v) is 12.1. The highest BCUT2D eigenvalue weighted by molar-refractivity contribution is 7.16. The van der Waals surface area contributed by atoms with E-state index in [1.54, 1.807) is 11.3 Å². The molecule has 3 nitrogen and oxygen atoms in total. The van der Waals surface area contributed by atoms with E-state index in [1.807, 2.05) is 12.1 Å². The van der Waals surface area contributed by atoms with Crippen LogP contribution in [0.2, 0.25) is 4.34 Å². The summed E-state index contributed by atoms with van der Waals surface area (Å²) in [5.74, 6) is 0.374. The predicted octanol–water partition coefficient (Wildman–Crippen LogP) is 2.45. The highest BCUT2D eigenvalue weighted by Crippen LogP contribution is 2.21. The molecule has 1 aliphatic heterocycles. The van der Waals surface area contributed by atoms with Gasteiger partial charge in [-0.2, -0.15) is 0 Å². The summed E-state index contributed by atoms with van der Waals surface area (Å²) >= 11 is 7.44. The van der Waals surface area contributed by atoms with Crippen LogP contribution in [0.1, 0.15) is 24.6 Å². The van der Waals surface area contributed by atoms with Crippen molar-refractivity contribution in [3.8, 4) is 0 Å². The molecule has 2 heterocycles. The van der Waals surface area contributed by atoms with Crippen molar-refractivity contribution in [1.82, 2.24) is 10.6 Å². The highest BCUT2D eigenvalue weighted by atomic mass is 35.5. The average Bonchev–Trinajstić information content (AvgIpc) is 2.75. The van der Waals surface area contributed by atoms with E-state index in [4.69, 9.17) is 11.6 Å². The van der Waals surface area contributed by atoms with Crippen molar-refractivity contribution in [2.24, 2.45) is 5.92 Å². The maximum absolute atomic E-state index is 12.0. The Morgan fingerprint density at radius 3 is 3.11 bits per heavy atom. The van der Waals surface area contributed by atoms with E-state index in [0.717, 1.165) is 30.1 Å². The van der Waals surface area contributed by atoms with Gasteiger partial charge in [0.15, 0.2) is 0 Å². The van der Waals surface area contributed by atoms with Crippen LogP contribution >= 0.6 is 22.9 Å². The van der Waals surface area contributed by atoms with Gasteiger partial charge in [-0.15, -0.1) is 11.3 Å². The SMILES string of the molecule is CC1CC(C(=O)NCCc2ccc(Cl)s2)CCN1. The molecule has 1 saturated heterocycles. The smallest absolute Gasteiger partial charge is 0.223 e. The molecule has 0 saturated carbocycles. The quantitative estimate of drug-likeness (QED) is 0.893. The van der Waals surface area contributed by atoms with Crippen molar-refractivity contribution in [2.45, 2.75) is 32.2 Å². The molecular formula is C13H19ClN2OS. The number of nitrogens with one attached hydrogen (secondary N) is 2. The van der Waals surface area contributed by atoms with Gasteiger partial charge in [0.1, 0.15) is 0 Å². The second-order valence-corrected chi connectivity index (χ2v) is 6.62. The molecule has 2 rings (SSSR count). The average molecular weight is 287 g/mol. The first kappa shape index (κ1) is 13.8. The van der Waals surface area contributed by atoms with Crippen LogP contribution in [0.5, 0.6) is 0 Å². The first-order chi connectivity index (χ1) is 8.65. The minimum atomic E-state index is 0.174. The number of piperidine rings is 1. The monoisotopic (exact) mass is 286 g/mol. The molecule has 0 aromatic carbocycles. The van der Waals surface area contributed by atoms with Gasteiger partial charge in [0.05, 0.1) is 4.34 Å². The largest absolute Gasteiger partial charge is 0.355 e. The van der Waals surface area contributed by atoms with Crippen LogP contribution in [0, 0.1) is 5.92 Å². The third-order valence-corrected chi connectivity index (χ3v) is 4.58. The lowest BCUT2D eigenvalue weighted by Gasteiger charge is -2.27. The number of hydrogen-bond acceptors (Lipinski definition) is 3. The summed E-state index contributed by atoms with van der Waals surface area (Å²) in [4.78, 5) is 13.2. The van der Waals surface area contributed by atoms with Crippen LogP contribution in [-0.4, -0.2) is 25.0 Å². The minimum Gasteiger partial charge on any atom is -0.355 e. The molecule has 1 aliphatic rings. The molecule has 2 atom stereocenters. The Kier molecular flexibility index (Phi) is 5.03. The number of thiophene rings is 1. The number of carbonyl (C=O) groups is 1. The van der Waals surface area contributed by atoms with Gasteiger partial charge < -0.3 is 10.6 Å². The van der Waals surface area contributed by atoms with Crippen molar-refractivity contribution in [2.75, 3.05) is 13.1 Å². The molecular weight excluding hydrogens is 268 g/mol. The van der Waals surface area contributed by atoms with E-state index in [1.165, 1.54) is 4.88 Å². The Hall–Kier alpha value is -0.580. The Balaban J connectivity index is 1.71. The number of halogens is 1. The summed E-state index contributed by atoms with van der Waals surface area (Å²) in [5.41, 5.74) is 0. The van der Waals surface area contributed by atoms with Crippen LogP contribution in [0.25, 0.3) is 0 Å². The first-order valence-corrected chi connectivity index (χ1v) is 7.60. The maximum atomic E-state index is 12.0. The summed E-state index contributed by atoms with van der Waals surface area (Å²) in [6, 6.07) is 4.37. The van der Waals surface area contributed by atoms with E-state index in [9.17, 15) is 4.79 Å². The standard InChI is InChI=1S/C13H19ClN2OS/c1-9-8-10(4-6-15-9)13(17)16-7-5-11-2-3-12(14)18-11/h2-3,9-10,15H,4-8H2,1H3,(H,16,17). The molecule has 1 aromatic rings. The third-order valence-electron chi connectivity index (χ3n) is 3.29. The van der Waals surface area contributed by atoms with Gasteiger partial charge in [0.2, 0.25) is 5.91 Å². The second kappa shape index (κ2) is 6.55. The summed E-state index contributed by atoms with van der Waals surface area (Å²) in [7, 11) is 0. The summed E-state index contributed by atoms with van der Waals surface area (Å²) < 4.78 is 0.809. The lowest BCUT2D eigenvalue weighted by molar-refractivity contribution is -0.126. The second-order valence-electron chi connectivity index (χ2n) is 4.82. The number of rotatable bonds is 4. The third kappa shape index (κ3) is 3.97. The van der Waals surface area contributed by atoms with Gasteiger partial charge in [0, 0.05) is 23.4 Å². The molecule has 1 amide bonds. The van der Waals surface area contributed by atoms with Crippen molar-refractivity contribution >= 4 is 28.8 Å². The molecule has 2 unspecified atom stereocenters. The zero-order chi connectivity index (χ0) is 13.0. The van der Waals surface area contributed by atoms with Gasteiger partial charge >= 0.3 is 0 Å². The zero-order valence-electron chi connectivity index (χ0n) is 10.5. The molecule has 1 aromatic heterocycles. The Morgan fingerprint density at radius 1 is 1.61 bits per heavy atom. The molecule has 1 fully saturated rings. The van der Waals surface area contributed by atoms with Crippen LogP contribution in [-0.2, 0) is 11.2 Å². The fourth-order valence-corrected chi connectivity index (χ4v) is 3.40. The fraction of sp³-hybridized carbons (Fsp3) is 0.615. The lowest BCUT2D eigenvalue weighted by Crippen LogP contribution is -2.42. The van der Waals surface area contributed by atoms with E-state index in [2.05, 4.69) is 17.6 Å². The molecule has 0 bridgehead atoms. The van der Waals surface area contributed by atoms with Crippen molar-refractivity contribution < 1.29 is 4.79 Å². The molecule has 5 heteroatoms. The van der Waals surface area contributed by atoms with Crippen LogP contribution in [0.4, 0.5) is 0 Å². The van der Waals surface area contributed by atoms with E-state index in [-0.39, 0.29) is 11.8 Å². The molecule has 0 radical (unpaired) electrons. The Labute approximate surface area is 117 Å². The molecule has 18 heavy (non-hydrogen) atoms.